The van der Waals surface area contributed by atoms with Gasteiger partial charge in [-0.15, -0.1) is 11.8 Å². The number of esters is 1. The van der Waals surface area contributed by atoms with Crippen LogP contribution in [0.2, 0.25) is 5.02 Å². The maximum absolute atomic E-state index is 12.3. The topological polar surface area (TPSA) is 58.6 Å². The van der Waals surface area contributed by atoms with Crippen molar-refractivity contribution in [2.24, 2.45) is 0 Å². The molecule has 0 saturated carbocycles. The Morgan fingerprint density at radius 1 is 1.48 bits per heavy atom. The van der Waals surface area contributed by atoms with Crippen molar-refractivity contribution < 1.29 is 14.3 Å². The van der Waals surface area contributed by atoms with Gasteiger partial charge in [-0.3, -0.25) is 9.59 Å². The highest BCUT2D eigenvalue weighted by Crippen LogP contribution is 2.22. The molecule has 7 heteroatoms. The summed E-state index contributed by atoms with van der Waals surface area (Å²) >= 11 is 7.70. The van der Waals surface area contributed by atoms with Crippen LogP contribution in [0.3, 0.4) is 0 Å². The molecule has 1 N–H and O–H groups in total. The number of hydrogen-bond acceptors (Lipinski definition) is 5. The van der Waals surface area contributed by atoms with Crippen LogP contribution in [0.25, 0.3) is 0 Å². The summed E-state index contributed by atoms with van der Waals surface area (Å²) in [5.74, 6) is 0.453. The van der Waals surface area contributed by atoms with E-state index in [9.17, 15) is 9.59 Å². The summed E-state index contributed by atoms with van der Waals surface area (Å²) in [5.41, 5.74) is 0.962. The molecule has 1 aromatic carbocycles. The lowest BCUT2D eigenvalue weighted by Gasteiger charge is -2.31. The molecule has 0 aliphatic carbocycles. The highest BCUT2D eigenvalue weighted by molar-refractivity contribution is 8.00. The van der Waals surface area contributed by atoms with E-state index in [0.29, 0.717) is 18.1 Å². The molecule has 23 heavy (non-hydrogen) atoms. The second-order valence-corrected chi connectivity index (χ2v) is 7.06. The predicted molar refractivity (Wildman–Crippen MR) is 92.7 cm³/mol. The van der Waals surface area contributed by atoms with Crippen molar-refractivity contribution >= 4 is 35.2 Å². The van der Waals surface area contributed by atoms with Gasteiger partial charge in [-0.2, -0.15) is 0 Å². The van der Waals surface area contributed by atoms with Crippen LogP contribution in [0.15, 0.2) is 24.3 Å². The third kappa shape index (κ3) is 4.86. The van der Waals surface area contributed by atoms with Crippen LogP contribution in [0.1, 0.15) is 18.5 Å². The third-order valence-electron chi connectivity index (χ3n) is 3.81. The highest BCUT2D eigenvalue weighted by atomic mass is 35.5. The van der Waals surface area contributed by atoms with E-state index in [1.54, 1.807) is 4.90 Å². The molecular formula is C16H21ClN2O3S. The van der Waals surface area contributed by atoms with Gasteiger partial charge in [0.05, 0.1) is 13.7 Å². The van der Waals surface area contributed by atoms with Crippen molar-refractivity contribution in [2.45, 2.75) is 18.2 Å². The Hall–Kier alpha value is -1.24. The summed E-state index contributed by atoms with van der Waals surface area (Å²) in [6, 6.07) is 7.55. The molecule has 5 nitrogen and oxygen atoms in total. The second-order valence-electron chi connectivity index (χ2n) is 5.35. The number of rotatable bonds is 5. The number of halogens is 1. The molecule has 1 saturated heterocycles. The average molecular weight is 357 g/mol. The molecule has 2 atom stereocenters. The van der Waals surface area contributed by atoms with E-state index in [4.69, 9.17) is 16.3 Å². The van der Waals surface area contributed by atoms with Crippen molar-refractivity contribution in [3.8, 4) is 0 Å². The fourth-order valence-corrected chi connectivity index (χ4v) is 3.87. The maximum atomic E-state index is 12.3. The Labute approximate surface area is 145 Å². The van der Waals surface area contributed by atoms with Gasteiger partial charge < -0.3 is 15.0 Å². The van der Waals surface area contributed by atoms with Gasteiger partial charge in [-0.05, 0) is 18.6 Å². The van der Waals surface area contributed by atoms with Crippen LogP contribution in [0, 0.1) is 0 Å². The van der Waals surface area contributed by atoms with E-state index in [0.717, 1.165) is 11.3 Å². The first-order valence-corrected chi connectivity index (χ1v) is 8.90. The van der Waals surface area contributed by atoms with Gasteiger partial charge in [-0.25, -0.2) is 0 Å². The van der Waals surface area contributed by atoms with E-state index in [2.05, 4.69) is 5.32 Å². The molecule has 0 spiro atoms. The quantitative estimate of drug-likeness (QED) is 0.819. The summed E-state index contributed by atoms with van der Waals surface area (Å²) in [7, 11) is 1.37. The van der Waals surface area contributed by atoms with Crippen LogP contribution in [-0.4, -0.2) is 54.5 Å². The van der Waals surface area contributed by atoms with Crippen molar-refractivity contribution in [1.82, 2.24) is 10.2 Å². The van der Waals surface area contributed by atoms with Gasteiger partial charge in [0.15, 0.2) is 0 Å². The van der Waals surface area contributed by atoms with E-state index in [-0.39, 0.29) is 29.7 Å². The maximum Gasteiger partial charge on any atom is 0.320 e. The molecular weight excluding hydrogens is 336 g/mol. The summed E-state index contributed by atoms with van der Waals surface area (Å²) in [5, 5.41) is 3.58. The molecule has 1 aliphatic heterocycles. The van der Waals surface area contributed by atoms with Gasteiger partial charge in [0.2, 0.25) is 5.91 Å². The number of benzene rings is 1. The molecule has 0 bridgehead atoms. The number of ether oxygens (including phenoxy) is 1. The molecule has 0 unspecified atom stereocenters. The Morgan fingerprint density at radius 2 is 2.22 bits per heavy atom. The van der Waals surface area contributed by atoms with Crippen LogP contribution < -0.4 is 5.32 Å². The number of hydrogen-bond donors (Lipinski definition) is 1. The summed E-state index contributed by atoms with van der Waals surface area (Å²) in [4.78, 5) is 25.7. The smallest absolute Gasteiger partial charge is 0.320 e. The van der Waals surface area contributed by atoms with Gasteiger partial charge in [-0.1, -0.05) is 29.8 Å². The minimum atomic E-state index is -0.293. The molecule has 1 amide bonds. The Bertz CT molecular complexity index is 570. The SMILES string of the molecule is COC(=O)[C@H]1CN(C(=O)CN[C@@H](C)c2ccccc2Cl)CCS1. The summed E-state index contributed by atoms with van der Waals surface area (Å²) in [6.45, 7) is 3.24. The molecule has 1 heterocycles. The minimum Gasteiger partial charge on any atom is -0.468 e. The third-order valence-corrected chi connectivity index (χ3v) is 5.32. The normalized spacial score (nSPS) is 19.3. The summed E-state index contributed by atoms with van der Waals surface area (Å²) in [6.07, 6.45) is 0. The average Bonchev–Trinajstić information content (AvgIpc) is 2.59. The lowest BCUT2D eigenvalue weighted by molar-refractivity contribution is -0.141. The Balaban J connectivity index is 1.87. The van der Waals surface area contributed by atoms with Crippen molar-refractivity contribution in [2.75, 3.05) is 32.5 Å². The Kier molecular flexibility index (Phi) is 6.74. The number of thioether (sulfide) groups is 1. The molecule has 0 aromatic heterocycles. The van der Waals surface area contributed by atoms with Crippen molar-refractivity contribution in [3.63, 3.8) is 0 Å². The number of nitrogens with zero attached hydrogens (tertiary/aromatic N) is 1. The first-order valence-electron chi connectivity index (χ1n) is 7.48. The lowest BCUT2D eigenvalue weighted by atomic mass is 10.1. The zero-order chi connectivity index (χ0) is 16.8. The molecule has 1 aromatic rings. The highest BCUT2D eigenvalue weighted by Gasteiger charge is 2.29. The number of carbonyl (C=O) groups is 2. The molecule has 2 rings (SSSR count). The second kappa shape index (κ2) is 8.57. The van der Waals surface area contributed by atoms with E-state index < -0.39 is 0 Å². The fourth-order valence-electron chi connectivity index (χ4n) is 2.44. The van der Waals surface area contributed by atoms with Crippen LogP contribution >= 0.6 is 23.4 Å². The fraction of sp³-hybridized carbons (Fsp3) is 0.500. The molecule has 0 radical (unpaired) electrons. The minimum absolute atomic E-state index is 0.0156. The number of methoxy groups -OCH3 is 1. The van der Waals surface area contributed by atoms with Crippen LogP contribution in [0.4, 0.5) is 0 Å². The van der Waals surface area contributed by atoms with Gasteiger partial charge in [0, 0.05) is 29.9 Å². The first kappa shape index (κ1) is 18.1. The monoisotopic (exact) mass is 356 g/mol. The molecule has 1 fully saturated rings. The van der Waals surface area contributed by atoms with Gasteiger partial charge in [0.25, 0.3) is 0 Å². The zero-order valence-electron chi connectivity index (χ0n) is 13.3. The molecule has 126 valence electrons. The standard InChI is InChI=1S/C16H21ClN2O3S/c1-11(12-5-3-4-6-13(12)17)18-9-15(20)19-7-8-23-14(10-19)16(21)22-2/h3-6,11,14,18H,7-10H2,1-2H3/t11-,14+/m0/s1. The van der Waals surface area contributed by atoms with Gasteiger partial charge >= 0.3 is 5.97 Å². The van der Waals surface area contributed by atoms with E-state index in [1.807, 2.05) is 31.2 Å². The van der Waals surface area contributed by atoms with Crippen molar-refractivity contribution in [1.29, 1.82) is 0 Å². The number of carbonyl (C=O) groups excluding carboxylic acids is 2. The summed E-state index contributed by atoms with van der Waals surface area (Å²) < 4.78 is 4.76. The first-order chi connectivity index (χ1) is 11.0. The van der Waals surface area contributed by atoms with E-state index in [1.165, 1.54) is 18.9 Å². The van der Waals surface area contributed by atoms with Crippen LogP contribution in [0.5, 0.6) is 0 Å². The number of nitrogens with one attached hydrogen (secondary N) is 1. The Morgan fingerprint density at radius 3 is 2.91 bits per heavy atom. The van der Waals surface area contributed by atoms with E-state index >= 15 is 0 Å². The predicted octanol–water partition coefficient (Wildman–Crippen LogP) is 2.11. The molecule has 1 aliphatic rings. The van der Waals surface area contributed by atoms with Crippen molar-refractivity contribution in [3.05, 3.63) is 34.9 Å². The van der Waals surface area contributed by atoms with Gasteiger partial charge in [0.1, 0.15) is 5.25 Å². The largest absolute Gasteiger partial charge is 0.468 e. The number of amides is 1. The lowest BCUT2D eigenvalue weighted by Crippen LogP contribution is -2.48. The van der Waals surface area contributed by atoms with Crippen LogP contribution in [-0.2, 0) is 14.3 Å². The zero-order valence-corrected chi connectivity index (χ0v) is 14.8.